The molecule has 7 nitrogen and oxygen atoms in total. The van der Waals surface area contributed by atoms with Gasteiger partial charge in [-0.2, -0.15) is 13.2 Å². The first kappa shape index (κ1) is 24.6. The Hall–Kier alpha value is -3.56. The van der Waals surface area contributed by atoms with Crippen LogP contribution >= 0.6 is 0 Å². The molecular weight excluding hydrogens is 465 g/mol. The molecule has 0 bridgehead atoms. The number of hydrogen-bond donors (Lipinski definition) is 2. The van der Waals surface area contributed by atoms with Gasteiger partial charge in [-0.3, -0.25) is 9.59 Å². The number of hydrogen-bond acceptors (Lipinski definition) is 4. The molecule has 0 spiro atoms. The van der Waals surface area contributed by atoms with Crippen LogP contribution in [0.1, 0.15) is 36.3 Å². The summed E-state index contributed by atoms with van der Waals surface area (Å²) in [5.41, 5.74) is 3.90. The summed E-state index contributed by atoms with van der Waals surface area (Å²) in [7, 11) is 1.31. The second-order valence-corrected chi connectivity index (χ2v) is 8.95. The van der Waals surface area contributed by atoms with Gasteiger partial charge in [-0.25, -0.2) is 4.79 Å². The van der Waals surface area contributed by atoms with E-state index >= 15 is 0 Å². The summed E-state index contributed by atoms with van der Waals surface area (Å²) in [4.78, 5) is 37.3. The van der Waals surface area contributed by atoms with Gasteiger partial charge in [0.1, 0.15) is 12.6 Å². The van der Waals surface area contributed by atoms with E-state index in [1.54, 1.807) is 0 Å². The molecule has 2 aliphatic rings. The van der Waals surface area contributed by atoms with Crippen molar-refractivity contribution in [1.82, 2.24) is 10.2 Å². The second-order valence-electron chi connectivity index (χ2n) is 8.95. The SMILES string of the molecule is CN(C(=O)C(CC(F)(F)F)NC(=O)OCC1c2ccccc2-c2ccccc21)C1CC(C(=O)O)C1. The minimum atomic E-state index is -4.71. The molecule has 2 aliphatic carbocycles. The van der Waals surface area contributed by atoms with Crippen LogP contribution in [0.3, 0.4) is 0 Å². The number of benzene rings is 2. The Morgan fingerprint density at radius 2 is 1.60 bits per heavy atom. The second kappa shape index (κ2) is 9.59. The summed E-state index contributed by atoms with van der Waals surface area (Å²) in [6, 6.07) is 12.9. The predicted octanol–water partition coefficient (Wildman–Crippen LogP) is 4.17. The fourth-order valence-corrected chi connectivity index (χ4v) is 4.75. The van der Waals surface area contributed by atoms with E-state index in [2.05, 4.69) is 5.32 Å². The molecule has 2 aromatic rings. The van der Waals surface area contributed by atoms with Crippen LogP contribution in [0, 0.1) is 5.92 Å². The Labute approximate surface area is 199 Å². The highest BCUT2D eigenvalue weighted by atomic mass is 19.4. The van der Waals surface area contributed by atoms with E-state index in [-0.39, 0.29) is 25.4 Å². The van der Waals surface area contributed by atoms with Gasteiger partial charge in [-0.1, -0.05) is 48.5 Å². The molecule has 0 saturated heterocycles. The van der Waals surface area contributed by atoms with Crippen LogP contribution in [0.4, 0.5) is 18.0 Å². The van der Waals surface area contributed by atoms with Gasteiger partial charge in [-0.05, 0) is 35.1 Å². The average molecular weight is 490 g/mol. The minimum absolute atomic E-state index is 0.106. The summed E-state index contributed by atoms with van der Waals surface area (Å²) in [6.45, 7) is -0.106. The van der Waals surface area contributed by atoms with E-state index in [1.807, 2.05) is 48.5 Å². The number of rotatable bonds is 7. The van der Waals surface area contributed by atoms with Crippen LogP contribution in [0.5, 0.6) is 0 Å². The van der Waals surface area contributed by atoms with Gasteiger partial charge in [-0.15, -0.1) is 0 Å². The Morgan fingerprint density at radius 1 is 1.06 bits per heavy atom. The molecule has 1 unspecified atom stereocenters. The lowest BCUT2D eigenvalue weighted by Crippen LogP contribution is -2.55. The molecule has 2 amide bonds. The number of nitrogens with zero attached hydrogens (tertiary/aromatic N) is 1. The van der Waals surface area contributed by atoms with Crippen molar-refractivity contribution in [2.45, 2.75) is 43.4 Å². The summed E-state index contributed by atoms with van der Waals surface area (Å²) in [5, 5.41) is 11.1. The summed E-state index contributed by atoms with van der Waals surface area (Å²) in [5.74, 6) is -2.86. The highest BCUT2D eigenvalue weighted by molar-refractivity contribution is 5.86. The number of nitrogens with one attached hydrogen (secondary N) is 1. The number of ether oxygens (including phenoxy) is 1. The number of likely N-dealkylation sites (N-methyl/N-ethyl adjacent to an activating group) is 1. The van der Waals surface area contributed by atoms with Crippen molar-refractivity contribution in [3.8, 4) is 11.1 Å². The van der Waals surface area contributed by atoms with Crippen molar-refractivity contribution in [1.29, 1.82) is 0 Å². The highest BCUT2D eigenvalue weighted by Crippen LogP contribution is 2.44. The summed E-state index contributed by atoms with van der Waals surface area (Å²) in [6.07, 6.45) is -7.08. The number of amides is 2. The number of carbonyl (C=O) groups is 3. The van der Waals surface area contributed by atoms with Crippen molar-refractivity contribution in [3.05, 3.63) is 59.7 Å². The smallest absolute Gasteiger partial charge is 0.407 e. The predicted molar refractivity (Wildman–Crippen MR) is 120 cm³/mol. The van der Waals surface area contributed by atoms with Crippen LogP contribution in [0.2, 0.25) is 0 Å². The maximum absolute atomic E-state index is 13.2. The van der Waals surface area contributed by atoms with Crippen molar-refractivity contribution in [3.63, 3.8) is 0 Å². The van der Waals surface area contributed by atoms with Gasteiger partial charge in [0.25, 0.3) is 0 Å². The van der Waals surface area contributed by atoms with Crippen LogP contribution in [-0.2, 0) is 14.3 Å². The number of carbonyl (C=O) groups excluding carboxylic acids is 2. The number of carboxylic acids is 1. The molecule has 10 heteroatoms. The first-order chi connectivity index (χ1) is 16.5. The Balaban J connectivity index is 1.41. The van der Waals surface area contributed by atoms with Gasteiger partial charge in [0, 0.05) is 19.0 Å². The number of aliphatic carboxylic acids is 1. The number of alkyl carbamates (subject to hydrolysis) is 1. The molecule has 0 aromatic heterocycles. The number of carboxylic acid groups (broad SMARTS) is 1. The van der Waals surface area contributed by atoms with E-state index in [0.29, 0.717) is 0 Å². The van der Waals surface area contributed by atoms with E-state index in [4.69, 9.17) is 9.84 Å². The van der Waals surface area contributed by atoms with E-state index in [0.717, 1.165) is 27.2 Å². The lowest BCUT2D eigenvalue weighted by molar-refractivity contribution is -0.158. The molecule has 186 valence electrons. The molecule has 1 fully saturated rings. The van der Waals surface area contributed by atoms with Crippen LogP contribution < -0.4 is 5.32 Å². The first-order valence-electron chi connectivity index (χ1n) is 11.2. The van der Waals surface area contributed by atoms with E-state index in [9.17, 15) is 27.6 Å². The fraction of sp³-hybridized carbons (Fsp3) is 0.400. The maximum Gasteiger partial charge on any atom is 0.407 e. The Kier molecular flexibility index (Phi) is 6.73. The van der Waals surface area contributed by atoms with Gasteiger partial charge >= 0.3 is 18.2 Å². The van der Waals surface area contributed by atoms with E-state index in [1.165, 1.54) is 7.05 Å². The van der Waals surface area contributed by atoms with Crippen molar-refractivity contribution >= 4 is 18.0 Å². The zero-order valence-electron chi connectivity index (χ0n) is 18.9. The van der Waals surface area contributed by atoms with Gasteiger partial charge in [0.15, 0.2) is 0 Å². The lowest BCUT2D eigenvalue weighted by Gasteiger charge is -2.40. The summed E-state index contributed by atoms with van der Waals surface area (Å²) < 4.78 is 44.8. The molecule has 0 aliphatic heterocycles. The third-order valence-electron chi connectivity index (χ3n) is 6.73. The number of halogens is 3. The average Bonchev–Trinajstić information content (AvgIpc) is 3.08. The largest absolute Gasteiger partial charge is 0.481 e. The molecule has 0 radical (unpaired) electrons. The van der Waals surface area contributed by atoms with Crippen molar-refractivity contribution in [2.75, 3.05) is 13.7 Å². The molecule has 4 rings (SSSR count). The highest BCUT2D eigenvalue weighted by Gasteiger charge is 2.43. The Bertz CT molecular complexity index is 1080. The molecule has 1 atom stereocenters. The maximum atomic E-state index is 13.2. The molecule has 0 heterocycles. The monoisotopic (exact) mass is 490 g/mol. The normalized spacial score (nSPS) is 19.7. The molecule has 2 aromatic carbocycles. The zero-order chi connectivity index (χ0) is 25.3. The minimum Gasteiger partial charge on any atom is -0.481 e. The van der Waals surface area contributed by atoms with E-state index < -0.39 is 48.6 Å². The number of alkyl halides is 3. The molecule has 35 heavy (non-hydrogen) atoms. The Morgan fingerprint density at radius 3 is 2.11 bits per heavy atom. The first-order valence-corrected chi connectivity index (χ1v) is 11.2. The molecular formula is C25H25F3N2O5. The van der Waals surface area contributed by atoms with Crippen LogP contribution in [0.15, 0.2) is 48.5 Å². The van der Waals surface area contributed by atoms with Crippen LogP contribution in [0.25, 0.3) is 11.1 Å². The quantitative estimate of drug-likeness (QED) is 0.608. The van der Waals surface area contributed by atoms with Crippen molar-refractivity contribution in [2.24, 2.45) is 5.92 Å². The number of fused-ring (bicyclic) bond motifs is 3. The van der Waals surface area contributed by atoms with Gasteiger partial charge < -0.3 is 20.1 Å². The fourth-order valence-electron chi connectivity index (χ4n) is 4.75. The van der Waals surface area contributed by atoms with Gasteiger partial charge in [0.2, 0.25) is 5.91 Å². The molecule has 1 saturated carbocycles. The third kappa shape index (κ3) is 5.26. The van der Waals surface area contributed by atoms with Crippen LogP contribution in [-0.4, -0.2) is 59.9 Å². The lowest BCUT2D eigenvalue weighted by atomic mass is 9.79. The third-order valence-corrected chi connectivity index (χ3v) is 6.73. The van der Waals surface area contributed by atoms with Crippen molar-refractivity contribution < 1.29 is 37.4 Å². The standard InChI is InChI=1S/C25H25F3N2O5/c1-30(15-10-14(11-15)23(32)33)22(31)21(12-25(26,27)28)29-24(34)35-13-20-18-8-4-2-6-16(18)17-7-3-5-9-19(17)20/h2-9,14-15,20-21H,10-13H2,1H3,(H,29,34)(H,32,33). The summed E-state index contributed by atoms with van der Waals surface area (Å²) >= 11 is 0. The van der Waals surface area contributed by atoms with Gasteiger partial charge in [0.05, 0.1) is 12.3 Å². The molecule has 2 N–H and O–H groups in total. The zero-order valence-corrected chi connectivity index (χ0v) is 18.9. The topological polar surface area (TPSA) is 95.9 Å².